The summed E-state index contributed by atoms with van der Waals surface area (Å²) < 4.78 is 6.58. The van der Waals surface area contributed by atoms with Gasteiger partial charge in [0, 0.05) is 15.6 Å². The predicted octanol–water partition coefficient (Wildman–Crippen LogP) is 6.48. The number of carbonyl (C=O) groups excluding carboxylic acids is 3. The number of methoxy groups -OCH3 is 1. The second kappa shape index (κ2) is 10.6. The maximum Gasteiger partial charge on any atom is 0.335 e. The number of nitrogens with one attached hydrogen (secondary N) is 1. The summed E-state index contributed by atoms with van der Waals surface area (Å²) in [5.41, 5.74) is 5.11. The maximum absolute atomic E-state index is 13.2. The Hall–Kier alpha value is -2.88. The fourth-order valence-electron chi connectivity index (χ4n) is 4.13. The molecule has 1 heterocycles. The zero-order chi connectivity index (χ0) is 26.1. The topological polar surface area (TPSA) is 75.7 Å². The van der Waals surface area contributed by atoms with Gasteiger partial charge in [-0.2, -0.15) is 0 Å². The molecule has 36 heavy (non-hydrogen) atoms. The van der Waals surface area contributed by atoms with Crippen LogP contribution in [0.4, 0.5) is 10.5 Å². The molecule has 9 heteroatoms. The lowest BCUT2D eigenvalue weighted by Gasteiger charge is -2.26. The summed E-state index contributed by atoms with van der Waals surface area (Å²) >= 11 is 14.2. The zero-order valence-corrected chi connectivity index (χ0v) is 23.3. The molecule has 184 valence electrons. The SMILES string of the molecule is COc1cc(/C=C2\C(=O)NC(=O)N(c3ccc(Cl)c(Cl)c3)C2=O)cc(I)c1Cc1cc(C)cc(C)c1. The van der Waals surface area contributed by atoms with Gasteiger partial charge in [-0.05, 0) is 84.0 Å². The Morgan fingerprint density at radius 3 is 2.31 bits per heavy atom. The van der Waals surface area contributed by atoms with Crippen LogP contribution in [0.15, 0.2) is 54.1 Å². The Bertz CT molecular complexity index is 1430. The third-order valence-corrected chi connectivity index (χ3v) is 7.33. The molecule has 4 rings (SSSR count). The number of imide groups is 2. The molecule has 6 nitrogen and oxygen atoms in total. The molecule has 0 unspecified atom stereocenters. The summed E-state index contributed by atoms with van der Waals surface area (Å²) in [6.45, 7) is 4.12. The van der Waals surface area contributed by atoms with Crippen molar-refractivity contribution in [2.75, 3.05) is 12.0 Å². The number of hydrogen-bond donors (Lipinski definition) is 1. The van der Waals surface area contributed by atoms with Crippen molar-refractivity contribution in [2.24, 2.45) is 0 Å². The zero-order valence-electron chi connectivity index (χ0n) is 19.6. The molecule has 0 aliphatic carbocycles. The molecular weight excluding hydrogens is 614 g/mol. The number of amides is 4. The van der Waals surface area contributed by atoms with Crippen LogP contribution in [-0.4, -0.2) is 25.0 Å². The summed E-state index contributed by atoms with van der Waals surface area (Å²) in [5.74, 6) is -0.918. The van der Waals surface area contributed by atoms with Crippen LogP contribution in [0.3, 0.4) is 0 Å². The number of rotatable bonds is 5. The first-order chi connectivity index (χ1) is 17.1. The van der Waals surface area contributed by atoms with E-state index in [1.807, 2.05) is 6.07 Å². The van der Waals surface area contributed by atoms with Gasteiger partial charge < -0.3 is 4.74 Å². The van der Waals surface area contributed by atoms with E-state index >= 15 is 0 Å². The molecule has 1 N–H and O–H groups in total. The molecule has 1 aliphatic rings. The monoisotopic (exact) mass is 634 g/mol. The second-order valence-electron chi connectivity index (χ2n) is 8.41. The molecule has 1 aliphatic heterocycles. The number of hydrogen-bond acceptors (Lipinski definition) is 4. The van der Waals surface area contributed by atoms with E-state index in [1.165, 1.54) is 35.4 Å². The number of carbonyl (C=O) groups is 3. The Kier molecular flexibility index (Phi) is 7.73. The van der Waals surface area contributed by atoms with Gasteiger partial charge in [-0.25, -0.2) is 9.69 Å². The summed E-state index contributed by atoms with van der Waals surface area (Å²) in [6.07, 6.45) is 2.11. The molecule has 0 radical (unpaired) electrons. The van der Waals surface area contributed by atoms with Crippen LogP contribution in [0.1, 0.15) is 27.8 Å². The van der Waals surface area contributed by atoms with Crippen molar-refractivity contribution in [3.8, 4) is 5.75 Å². The van der Waals surface area contributed by atoms with E-state index in [4.69, 9.17) is 27.9 Å². The van der Waals surface area contributed by atoms with E-state index < -0.39 is 17.8 Å². The first kappa shape index (κ1) is 26.2. The lowest BCUT2D eigenvalue weighted by atomic mass is 9.98. The number of nitrogens with zero attached hydrogens (tertiary/aromatic N) is 1. The van der Waals surface area contributed by atoms with Crippen molar-refractivity contribution < 1.29 is 19.1 Å². The van der Waals surface area contributed by atoms with E-state index in [0.717, 1.165) is 19.6 Å². The van der Waals surface area contributed by atoms with Crippen LogP contribution >= 0.6 is 45.8 Å². The number of ether oxygens (including phenoxy) is 1. The minimum atomic E-state index is -0.864. The number of anilines is 1. The minimum absolute atomic E-state index is 0.177. The smallest absolute Gasteiger partial charge is 0.335 e. The summed E-state index contributed by atoms with van der Waals surface area (Å²) in [4.78, 5) is 39.2. The Balaban J connectivity index is 1.71. The van der Waals surface area contributed by atoms with E-state index in [-0.39, 0.29) is 21.3 Å². The third kappa shape index (κ3) is 5.43. The molecule has 1 saturated heterocycles. The normalized spacial score (nSPS) is 14.9. The minimum Gasteiger partial charge on any atom is -0.496 e. The summed E-state index contributed by atoms with van der Waals surface area (Å²) in [5, 5.41) is 2.66. The van der Waals surface area contributed by atoms with Crippen molar-refractivity contribution >= 4 is 75.4 Å². The van der Waals surface area contributed by atoms with Crippen molar-refractivity contribution in [1.82, 2.24) is 5.32 Å². The molecule has 3 aromatic rings. The highest BCUT2D eigenvalue weighted by atomic mass is 127. The van der Waals surface area contributed by atoms with Gasteiger partial charge in [0.15, 0.2) is 0 Å². The van der Waals surface area contributed by atoms with E-state index in [0.29, 0.717) is 17.7 Å². The lowest BCUT2D eigenvalue weighted by molar-refractivity contribution is -0.122. The van der Waals surface area contributed by atoms with Gasteiger partial charge in [-0.3, -0.25) is 14.9 Å². The fourth-order valence-corrected chi connectivity index (χ4v) is 5.23. The number of benzene rings is 3. The highest BCUT2D eigenvalue weighted by Crippen LogP contribution is 2.32. The van der Waals surface area contributed by atoms with E-state index in [2.05, 4.69) is 60.0 Å². The average molecular weight is 635 g/mol. The molecule has 3 aromatic carbocycles. The Morgan fingerprint density at radius 2 is 1.67 bits per heavy atom. The van der Waals surface area contributed by atoms with Gasteiger partial charge in [0.2, 0.25) is 0 Å². The van der Waals surface area contributed by atoms with Crippen molar-refractivity contribution in [3.63, 3.8) is 0 Å². The van der Waals surface area contributed by atoms with Crippen LogP contribution < -0.4 is 15.0 Å². The van der Waals surface area contributed by atoms with Crippen molar-refractivity contribution in [3.05, 3.63) is 95.5 Å². The summed E-state index contributed by atoms with van der Waals surface area (Å²) in [7, 11) is 1.58. The van der Waals surface area contributed by atoms with Gasteiger partial charge in [-0.1, -0.05) is 52.5 Å². The average Bonchev–Trinajstić information content (AvgIpc) is 2.79. The number of aryl methyl sites for hydroxylation is 2. The van der Waals surface area contributed by atoms with Gasteiger partial charge in [0.1, 0.15) is 11.3 Å². The maximum atomic E-state index is 13.2. The lowest BCUT2D eigenvalue weighted by Crippen LogP contribution is -2.54. The second-order valence-corrected chi connectivity index (χ2v) is 10.4. The van der Waals surface area contributed by atoms with Crippen LogP contribution in [0.25, 0.3) is 6.08 Å². The molecule has 1 fully saturated rings. The Labute approximate surface area is 232 Å². The van der Waals surface area contributed by atoms with Crippen LogP contribution in [0.2, 0.25) is 10.0 Å². The molecule has 0 aromatic heterocycles. The van der Waals surface area contributed by atoms with Crippen LogP contribution in [0.5, 0.6) is 5.75 Å². The van der Waals surface area contributed by atoms with Crippen molar-refractivity contribution in [1.29, 1.82) is 0 Å². The molecule has 0 atom stereocenters. The molecule has 0 bridgehead atoms. The number of halogens is 3. The van der Waals surface area contributed by atoms with Gasteiger partial charge in [-0.15, -0.1) is 0 Å². The number of urea groups is 1. The summed E-state index contributed by atoms with van der Waals surface area (Å²) in [6, 6.07) is 13.5. The Morgan fingerprint density at radius 1 is 0.972 bits per heavy atom. The molecule has 4 amide bonds. The van der Waals surface area contributed by atoms with Crippen molar-refractivity contribution in [2.45, 2.75) is 20.3 Å². The molecule has 0 saturated carbocycles. The third-order valence-electron chi connectivity index (χ3n) is 5.63. The largest absolute Gasteiger partial charge is 0.496 e. The van der Waals surface area contributed by atoms with Crippen LogP contribution in [0, 0.1) is 17.4 Å². The van der Waals surface area contributed by atoms with Gasteiger partial charge in [0.25, 0.3) is 11.8 Å². The highest BCUT2D eigenvalue weighted by molar-refractivity contribution is 14.1. The number of barbiturate groups is 1. The first-order valence-electron chi connectivity index (χ1n) is 10.9. The van der Waals surface area contributed by atoms with Crippen LogP contribution in [-0.2, 0) is 16.0 Å². The van der Waals surface area contributed by atoms with Gasteiger partial charge >= 0.3 is 6.03 Å². The van der Waals surface area contributed by atoms with E-state index in [1.54, 1.807) is 13.2 Å². The standard InChI is InChI=1S/C27H21Cl2IN2O4/c1-14-6-15(2)8-16(7-14)9-19-23(30)11-17(12-24(19)36-3)10-20-25(33)31-27(35)32(26(20)34)18-4-5-21(28)22(29)13-18/h4-8,10-13H,9H2,1-3H3,(H,31,33,35)/b20-10+. The highest BCUT2D eigenvalue weighted by Gasteiger charge is 2.37. The predicted molar refractivity (Wildman–Crippen MR) is 150 cm³/mol. The quantitative estimate of drug-likeness (QED) is 0.198. The first-order valence-corrected chi connectivity index (χ1v) is 12.7. The van der Waals surface area contributed by atoms with E-state index in [9.17, 15) is 14.4 Å². The fraction of sp³-hybridized carbons (Fsp3) is 0.148. The molecule has 0 spiro atoms. The molecular formula is C27H21Cl2IN2O4. The van der Waals surface area contributed by atoms with Gasteiger partial charge in [0.05, 0.1) is 22.8 Å².